The molecule has 148 valence electrons. The number of methoxy groups -OCH3 is 1. The van der Waals surface area contributed by atoms with E-state index in [9.17, 15) is 14.9 Å². The Morgan fingerprint density at radius 2 is 2.14 bits per heavy atom. The topological polar surface area (TPSA) is 111 Å². The smallest absolute Gasteiger partial charge is 0.321 e. The lowest BCUT2D eigenvalue weighted by molar-refractivity contribution is -0.385. The molecular formula is C19H20N2O6S. The highest BCUT2D eigenvalue weighted by atomic mass is 32.2. The van der Waals surface area contributed by atoms with Crippen LogP contribution < -0.4 is 14.8 Å². The summed E-state index contributed by atoms with van der Waals surface area (Å²) >= 11 is 1.54. The second kappa shape index (κ2) is 8.49. The molecule has 2 aromatic carbocycles. The number of nitro groups is 1. The van der Waals surface area contributed by atoms with Gasteiger partial charge in [-0.25, -0.2) is 0 Å². The van der Waals surface area contributed by atoms with E-state index in [-0.39, 0.29) is 17.7 Å². The Labute approximate surface area is 166 Å². The van der Waals surface area contributed by atoms with E-state index in [1.807, 2.05) is 18.2 Å². The van der Waals surface area contributed by atoms with Gasteiger partial charge in [-0.1, -0.05) is 6.07 Å². The number of nitro benzene ring substituents is 1. The molecule has 2 atom stereocenters. The van der Waals surface area contributed by atoms with Crippen molar-refractivity contribution in [3.63, 3.8) is 0 Å². The van der Waals surface area contributed by atoms with Crippen molar-refractivity contribution in [2.45, 2.75) is 24.9 Å². The molecule has 1 heterocycles. The number of aryl methyl sites for hydroxylation is 1. The van der Waals surface area contributed by atoms with Crippen LogP contribution in [0.2, 0.25) is 0 Å². The summed E-state index contributed by atoms with van der Waals surface area (Å²) in [7, 11) is 1.57. The van der Waals surface area contributed by atoms with Gasteiger partial charge in [0.1, 0.15) is 24.1 Å². The van der Waals surface area contributed by atoms with Crippen molar-refractivity contribution in [2.24, 2.45) is 0 Å². The highest BCUT2D eigenvalue weighted by Gasteiger charge is 2.30. The molecule has 1 saturated heterocycles. The van der Waals surface area contributed by atoms with Crippen molar-refractivity contribution in [3.05, 3.63) is 63.2 Å². The van der Waals surface area contributed by atoms with Gasteiger partial charge in [-0.2, -0.15) is 0 Å². The summed E-state index contributed by atoms with van der Waals surface area (Å²) in [6.07, 6.45) is 0. The normalized spacial score (nSPS) is 18.6. The van der Waals surface area contributed by atoms with E-state index in [1.54, 1.807) is 26.2 Å². The summed E-state index contributed by atoms with van der Waals surface area (Å²) in [6.45, 7) is 1.88. The van der Waals surface area contributed by atoms with Crippen LogP contribution in [0.3, 0.4) is 0 Å². The Balaban J connectivity index is 1.75. The van der Waals surface area contributed by atoms with Crippen molar-refractivity contribution in [2.75, 3.05) is 12.9 Å². The minimum absolute atomic E-state index is 0.0456. The molecule has 2 aromatic rings. The Morgan fingerprint density at radius 1 is 1.36 bits per heavy atom. The number of ether oxygens (including phenoxy) is 2. The molecule has 0 radical (unpaired) electrons. The molecule has 2 unspecified atom stereocenters. The fourth-order valence-electron chi connectivity index (χ4n) is 2.96. The minimum Gasteiger partial charge on any atom is -0.496 e. The molecule has 0 aliphatic carbocycles. The van der Waals surface area contributed by atoms with E-state index in [0.29, 0.717) is 22.8 Å². The van der Waals surface area contributed by atoms with Gasteiger partial charge in [0.2, 0.25) is 0 Å². The lowest BCUT2D eigenvalue weighted by Gasteiger charge is -2.16. The number of hydrogen-bond acceptors (Lipinski definition) is 7. The third kappa shape index (κ3) is 4.37. The molecule has 28 heavy (non-hydrogen) atoms. The lowest BCUT2D eigenvalue weighted by atomic mass is 10.1. The average molecular weight is 404 g/mol. The molecule has 1 aliphatic heterocycles. The first-order valence-corrected chi connectivity index (χ1v) is 9.59. The predicted octanol–water partition coefficient (Wildman–Crippen LogP) is 3.28. The van der Waals surface area contributed by atoms with Gasteiger partial charge in [-0.05, 0) is 36.8 Å². The third-order valence-corrected chi connectivity index (χ3v) is 5.71. The number of thioether (sulfide) groups is 1. The number of rotatable bonds is 7. The number of nitrogens with zero attached hydrogens (tertiary/aromatic N) is 1. The zero-order valence-electron chi connectivity index (χ0n) is 15.4. The zero-order chi connectivity index (χ0) is 20.3. The Bertz CT molecular complexity index is 904. The second-order valence-electron chi connectivity index (χ2n) is 6.34. The van der Waals surface area contributed by atoms with Gasteiger partial charge < -0.3 is 14.6 Å². The summed E-state index contributed by atoms with van der Waals surface area (Å²) < 4.78 is 11.2. The van der Waals surface area contributed by atoms with Gasteiger partial charge in [-0.3, -0.25) is 20.2 Å². The van der Waals surface area contributed by atoms with Gasteiger partial charge in [0.25, 0.3) is 5.69 Å². The SMILES string of the molecule is COc1ccc(C2NC(C(=O)O)CS2)cc1COc1ccc([N+](=O)[O-])c(C)c1. The minimum atomic E-state index is -0.861. The summed E-state index contributed by atoms with van der Waals surface area (Å²) in [5.41, 5.74) is 2.31. The first kappa shape index (κ1) is 20.0. The quantitative estimate of drug-likeness (QED) is 0.534. The lowest BCUT2D eigenvalue weighted by Crippen LogP contribution is -2.33. The summed E-state index contributed by atoms with van der Waals surface area (Å²) in [5.74, 6) is 0.815. The second-order valence-corrected chi connectivity index (χ2v) is 7.47. The van der Waals surface area contributed by atoms with Gasteiger partial charge in [0.05, 0.1) is 17.4 Å². The van der Waals surface area contributed by atoms with Crippen molar-refractivity contribution in [1.29, 1.82) is 0 Å². The van der Waals surface area contributed by atoms with Crippen molar-refractivity contribution >= 4 is 23.4 Å². The fraction of sp³-hybridized carbons (Fsp3) is 0.316. The number of carbonyl (C=O) groups is 1. The van der Waals surface area contributed by atoms with Crippen LogP contribution in [-0.4, -0.2) is 34.9 Å². The van der Waals surface area contributed by atoms with Crippen molar-refractivity contribution in [1.82, 2.24) is 5.32 Å². The molecule has 0 saturated carbocycles. The van der Waals surface area contributed by atoms with E-state index >= 15 is 0 Å². The van der Waals surface area contributed by atoms with Crippen LogP contribution in [0.1, 0.15) is 22.1 Å². The van der Waals surface area contributed by atoms with Crippen LogP contribution in [0.4, 0.5) is 5.69 Å². The molecule has 3 rings (SSSR count). The molecule has 9 heteroatoms. The van der Waals surface area contributed by atoms with Crippen LogP contribution >= 0.6 is 11.8 Å². The van der Waals surface area contributed by atoms with Gasteiger partial charge in [-0.15, -0.1) is 11.8 Å². The predicted molar refractivity (Wildman–Crippen MR) is 105 cm³/mol. The van der Waals surface area contributed by atoms with Crippen LogP contribution in [0.5, 0.6) is 11.5 Å². The molecule has 0 bridgehead atoms. The van der Waals surface area contributed by atoms with Crippen LogP contribution in [0.15, 0.2) is 36.4 Å². The van der Waals surface area contributed by atoms with Crippen LogP contribution in [0, 0.1) is 17.0 Å². The largest absolute Gasteiger partial charge is 0.496 e. The maximum Gasteiger partial charge on any atom is 0.321 e. The van der Waals surface area contributed by atoms with E-state index < -0.39 is 16.9 Å². The summed E-state index contributed by atoms with van der Waals surface area (Å²) in [4.78, 5) is 21.6. The average Bonchev–Trinajstić information content (AvgIpc) is 3.16. The molecule has 1 fully saturated rings. The van der Waals surface area contributed by atoms with Gasteiger partial charge >= 0.3 is 5.97 Å². The number of benzene rings is 2. The molecule has 2 N–H and O–H groups in total. The standard InChI is InChI=1S/C19H20N2O6S/c1-11-7-14(4-5-16(11)21(24)25)27-9-13-8-12(3-6-17(13)26-2)18-20-15(10-28-18)19(22)23/h3-8,15,18,20H,9-10H2,1-2H3,(H,22,23). The third-order valence-electron chi connectivity index (χ3n) is 4.45. The number of hydrogen-bond donors (Lipinski definition) is 2. The first-order valence-electron chi connectivity index (χ1n) is 8.54. The fourth-order valence-corrected chi connectivity index (χ4v) is 4.19. The molecule has 0 spiro atoms. The molecule has 0 amide bonds. The zero-order valence-corrected chi connectivity index (χ0v) is 16.2. The Morgan fingerprint density at radius 3 is 2.75 bits per heavy atom. The Kier molecular flexibility index (Phi) is 6.05. The molecule has 8 nitrogen and oxygen atoms in total. The molecular weight excluding hydrogens is 384 g/mol. The van der Waals surface area contributed by atoms with Gasteiger partial charge in [0.15, 0.2) is 0 Å². The molecule has 1 aliphatic rings. The van der Waals surface area contributed by atoms with Crippen molar-refractivity contribution < 1.29 is 24.3 Å². The number of carboxylic acid groups (broad SMARTS) is 1. The van der Waals surface area contributed by atoms with E-state index in [0.717, 1.165) is 11.1 Å². The van der Waals surface area contributed by atoms with E-state index in [2.05, 4.69) is 5.32 Å². The molecule has 0 aromatic heterocycles. The monoisotopic (exact) mass is 404 g/mol. The van der Waals surface area contributed by atoms with Crippen molar-refractivity contribution in [3.8, 4) is 11.5 Å². The Hall–Kier alpha value is -2.78. The highest BCUT2D eigenvalue weighted by molar-refractivity contribution is 7.99. The van der Waals surface area contributed by atoms with Gasteiger partial charge in [0, 0.05) is 22.9 Å². The van der Waals surface area contributed by atoms with Crippen LogP contribution in [-0.2, 0) is 11.4 Å². The summed E-state index contributed by atoms with van der Waals surface area (Å²) in [5, 5.41) is 23.0. The number of nitrogens with one attached hydrogen (secondary N) is 1. The maximum absolute atomic E-state index is 11.1. The van der Waals surface area contributed by atoms with Crippen LogP contribution in [0.25, 0.3) is 0 Å². The number of carboxylic acids is 1. The maximum atomic E-state index is 11.1. The summed E-state index contributed by atoms with van der Waals surface area (Å²) in [6, 6.07) is 9.68. The number of aliphatic carboxylic acids is 1. The highest BCUT2D eigenvalue weighted by Crippen LogP contribution is 2.35. The first-order chi connectivity index (χ1) is 13.4. The van der Waals surface area contributed by atoms with E-state index in [1.165, 1.54) is 17.8 Å². The van der Waals surface area contributed by atoms with E-state index in [4.69, 9.17) is 14.6 Å².